The molecule has 3 heteroatoms. The van der Waals surface area contributed by atoms with E-state index in [2.05, 4.69) is 6.92 Å². The van der Waals surface area contributed by atoms with Crippen LogP contribution in [0.3, 0.4) is 0 Å². The number of carbonyl (C=O) groups excluding carboxylic acids is 2. The van der Waals surface area contributed by atoms with Crippen LogP contribution in [0, 0.1) is 5.41 Å². The maximum atomic E-state index is 11.8. The quantitative estimate of drug-likeness (QED) is 0.654. The Kier molecular flexibility index (Phi) is 4.97. The van der Waals surface area contributed by atoms with Crippen LogP contribution in [0.1, 0.15) is 58.8 Å². The molecule has 1 aliphatic carbocycles. The molecule has 0 aliphatic heterocycles. The standard InChI is InChI=1S/C13H22O3/c1-3-13(9-5-7-11(13)14)10-6-8-12(15)16-4-2/h3-10H2,1-2H3. The molecule has 0 aromatic carbocycles. The Morgan fingerprint density at radius 3 is 2.69 bits per heavy atom. The van der Waals surface area contributed by atoms with Crippen LogP contribution in [0.25, 0.3) is 0 Å². The number of ether oxygens (including phenoxy) is 1. The third-order valence-corrected chi connectivity index (χ3v) is 3.67. The first kappa shape index (κ1) is 13.2. The average molecular weight is 226 g/mol. The van der Waals surface area contributed by atoms with E-state index < -0.39 is 0 Å². The molecule has 0 radical (unpaired) electrons. The van der Waals surface area contributed by atoms with Crippen molar-refractivity contribution in [2.24, 2.45) is 5.41 Å². The van der Waals surface area contributed by atoms with Crippen molar-refractivity contribution in [2.75, 3.05) is 6.61 Å². The summed E-state index contributed by atoms with van der Waals surface area (Å²) in [4.78, 5) is 23.0. The maximum Gasteiger partial charge on any atom is 0.305 e. The van der Waals surface area contributed by atoms with Gasteiger partial charge in [-0.3, -0.25) is 9.59 Å². The normalized spacial score (nSPS) is 24.8. The highest BCUT2D eigenvalue weighted by Crippen LogP contribution is 2.42. The Labute approximate surface area is 97.5 Å². The highest BCUT2D eigenvalue weighted by atomic mass is 16.5. The van der Waals surface area contributed by atoms with E-state index in [0.717, 1.165) is 38.5 Å². The van der Waals surface area contributed by atoms with E-state index in [9.17, 15) is 9.59 Å². The van der Waals surface area contributed by atoms with Crippen molar-refractivity contribution in [3.63, 3.8) is 0 Å². The van der Waals surface area contributed by atoms with Crippen LogP contribution in [-0.2, 0) is 14.3 Å². The summed E-state index contributed by atoms with van der Waals surface area (Å²) in [7, 11) is 0. The summed E-state index contributed by atoms with van der Waals surface area (Å²) in [6.45, 7) is 4.33. The maximum absolute atomic E-state index is 11.8. The van der Waals surface area contributed by atoms with Gasteiger partial charge in [0.15, 0.2) is 0 Å². The number of rotatable bonds is 6. The molecule has 1 saturated carbocycles. The molecule has 1 aliphatic rings. The highest BCUT2D eigenvalue weighted by Gasteiger charge is 2.39. The summed E-state index contributed by atoms with van der Waals surface area (Å²) in [5.74, 6) is 0.262. The van der Waals surface area contributed by atoms with Gasteiger partial charge >= 0.3 is 5.97 Å². The second-order valence-electron chi connectivity index (χ2n) is 4.57. The van der Waals surface area contributed by atoms with Gasteiger partial charge in [-0.2, -0.15) is 0 Å². The fourth-order valence-electron chi connectivity index (χ4n) is 2.61. The second-order valence-corrected chi connectivity index (χ2v) is 4.57. The molecule has 0 amide bonds. The molecule has 0 saturated heterocycles. The van der Waals surface area contributed by atoms with E-state index in [1.165, 1.54) is 0 Å². The first-order valence-electron chi connectivity index (χ1n) is 6.33. The van der Waals surface area contributed by atoms with E-state index in [1.807, 2.05) is 6.92 Å². The molecule has 92 valence electrons. The summed E-state index contributed by atoms with van der Waals surface area (Å²) in [5, 5.41) is 0. The predicted molar refractivity (Wildman–Crippen MR) is 62.1 cm³/mol. The van der Waals surface area contributed by atoms with Crippen LogP contribution >= 0.6 is 0 Å². The van der Waals surface area contributed by atoms with Gasteiger partial charge in [0.25, 0.3) is 0 Å². The highest BCUT2D eigenvalue weighted by molar-refractivity contribution is 5.86. The van der Waals surface area contributed by atoms with Gasteiger partial charge in [-0.25, -0.2) is 0 Å². The molecule has 1 fully saturated rings. The van der Waals surface area contributed by atoms with Crippen LogP contribution in [0.5, 0.6) is 0 Å². The van der Waals surface area contributed by atoms with Crippen molar-refractivity contribution in [1.82, 2.24) is 0 Å². The molecule has 1 atom stereocenters. The molecule has 0 heterocycles. The van der Waals surface area contributed by atoms with Crippen molar-refractivity contribution >= 4 is 11.8 Å². The molecule has 0 aromatic heterocycles. The predicted octanol–water partition coefficient (Wildman–Crippen LogP) is 2.87. The second kappa shape index (κ2) is 6.02. The molecule has 1 rings (SSSR count). The van der Waals surface area contributed by atoms with Gasteiger partial charge in [0.2, 0.25) is 0 Å². The zero-order valence-corrected chi connectivity index (χ0v) is 10.4. The van der Waals surface area contributed by atoms with Crippen molar-refractivity contribution in [2.45, 2.75) is 58.8 Å². The number of Topliss-reactive ketones (excluding diaryl/α,β-unsaturated/α-hetero) is 1. The average Bonchev–Trinajstić information content (AvgIpc) is 2.61. The number of esters is 1. The third-order valence-electron chi connectivity index (χ3n) is 3.67. The van der Waals surface area contributed by atoms with Crippen molar-refractivity contribution in [3.05, 3.63) is 0 Å². The van der Waals surface area contributed by atoms with Crippen LogP contribution in [0.2, 0.25) is 0 Å². The number of ketones is 1. The molecule has 16 heavy (non-hydrogen) atoms. The van der Waals surface area contributed by atoms with Crippen LogP contribution in [-0.4, -0.2) is 18.4 Å². The van der Waals surface area contributed by atoms with E-state index >= 15 is 0 Å². The minimum Gasteiger partial charge on any atom is -0.466 e. The zero-order valence-electron chi connectivity index (χ0n) is 10.4. The fourth-order valence-corrected chi connectivity index (χ4v) is 2.61. The van der Waals surface area contributed by atoms with Crippen molar-refractivity contribution < 1.29 is 14.3 Å². The van der Waals surface area contributed by atoms with Gasteiger partial charge in [-0.1, -0.05) is 6.92 Å². The van der Waals surface area contributed by atoms with E-state index in [1.54, 1.807) is 0 Å². The molecule has 3 nitrogen and oxygen atoms in total. The van der Waals surface area contributed by atoms with Crippen LogP contribution in [0.4, 0.5) is 0 Å². The Morgan fingerprint density at radius 2 is 2.19 bits per heavy atom. The summed E-state index contributed by atoms with van der Waals surface area (Å²) in [5.41, 5.74) is -0.119. The lowest BCUT2D eigenvalue weighted by Crippen LogP contribution is -2.25. The van der Waals surface area contributed by atoms with Gasteiger partial charge in [0, 0.05) is 18.3 Å². The molecule has 0 bridgehead atoms. The van der Waals surface area contributed by atoms with Crippen LogP contribution in [0.15, 0.2) is 0 Å². The molecular formula is C13H22O3. The summed E-state index contributed by atoms with van der Waals surface area (Å²) < 4.78 is 4.88. The summed E-state index contributed by atoms with van der Waals surface area (Å²) in [6, 6.07) is 0. The monoisotopic (exact) mass is 226 g/mol. The summed E-state index contributed by atoms with van der Waals surface area (Å²) in [6.07, 6.45) is 5.74. The van der Waals surface area contributed by atoms with Gasteiger partial charge in [-0.05, 0) is 39.0 Å². The van der Waals surface area contributed by atoms with Gasteiger partial charge in [0.1, 0.15) is 5.78 Å². The smallest absolute Gasteiger partial charge is 0.305 e. The van der Waals surface area contributed by atoms with E-state index in [-0.39, 0.29) is 11.4 Å². The first-order chi connectivity index (χ1) is 7.64. The van der Waals surface area contributed by atoms with Crippen molar-refractivity contribution in [1.29, 1.82) is 0 Å². The molecule has 1 unspecified atom stereocenters. The minimum absolute atomic E-state index is 0.119. The number of hydrogen-bond donors (Lipinski definition) is 0. The Bertz CT molecular complexity index is 260. The first-order valence-corrected chi connectivity index (χ1v) is 6.33. The largest absolute Gasteiger partial charge is 0.466 e. The lowest BCUT2D eigenvalue weighted by Gasteiger charge is -2.25. The number of hydrogen-bond acceptors (Lipinski definition) is 3. The van der Waals surface area contributed by atoms with Gasteiger partial charge in [0.05, 0.1) is 6.61 Å². The Balaban J connectivity index is 2.35. The van der Waals surface area contributed by atoms with E-state index in [0.29, 0.717) is 18.8 Å². The Hall–Kier alpha value is -0.860. The van der Waals surface area contributed by atoms with Gasteiger partial charge < -0.3 is 4.74 Å². The third kappa shape index (κ3) is 3.06. The lowest BCUT2D eigenvalue weighted by molar-refractivity contribution is -0.143. The summed E-state index contributed by atoms with van der Waals surface area (Å²) >= 11 is 0. The SMILES string of the molecule is CCOC(=O)CCCC1(CC)CCCC1=O. The molecule has 0 aromatic rings. The topological polar surface area (TPSA) is 43.4 Å². The molecular weight excluding hydrogens is 204 g/mol. The Morgan fingerprint density at radius 1 is 1.44 bits per heavy atom. The lowest BCUT2D eigenvalue weighted by atomic mass is 9.78. The molecule has 0 spiro atoms. The number of carbonyl (C=O) groups is 2. The zero-order chi connectivity index (χ0) is 12.0. The van der Waals surface area contributed by atoms with Crippen molar-refractivity contribution in [3.8, 4) is 0 Å². The van der Waals surface area contributed by atoms with E-state index in [4.69, 9.17) is 4.74 Å². The van der Waals surface area contributed by atoms with Gasteiger partial charge in [-0.15, -0.1) is 0 Å². The fraction of sp³-hybridized carbons (Fsp3) is 0.846. The van der Waals surface area contributed by atoms with Crippen LogP contribution < -0.4 is 0 Å². The minimum atomic E-state index is -0.140. The molecule has 0 N–H and O–H groups in total.